The molecule has 0 amide bonds. The summed E-state index contributed by atoms with van der Waals surface area (Å²) < 4.78 is 5.80. The van der Waals surface area contributed by atoms with Gasteiger partial charge in [-0.2, -0.15) is 0 Å². The van der Waals surface area contributed by atoms with Crippen LogP contribution in [0.4, 0.5) is 0 Å². The molecule has 0 spiro atoms. The van der Waals surface area contributed by atoms with Gasteiger partial charge in [-0.3, -0.25) is 0 Å². The lowest BCUT2D eigenvalue weighted by Gasteiger charge is -2.08. The summed E-state index contributed by atoms with van der Waals surface area (Å²) in [5, 5.41) is 8.68. The standard InChI is InChI=1S/C19H20O2/c1-15-6-11-19(13-16(15)2)21-14-18-9-7-17(8-10-18)5-3-4-12-20/h6-11,13,20H,4,12,14H2,1-2H3. The van der Waals surface area contributed by atoms with Gasteiger partial charge in [0, 0.05) is 12.0 Å². The summed E-state index contributed by atoms with van der Waals surface area (Å²) in [6.45, 7) is 4.83. The predicted molar refractivity (Wildman–Crippen MR) is 85.3 cm³/mol. The first-order chi connectivity index (χ1) is 10.2. The molecule has 1 N–H and O–H groups in total. The molecule has 0 atom stereocenters. The zero-order valence-corrected chi connectivity index (χ0v) is 12.5. The molecule has 0 saturated carbocycles. The lowest BCUT2D eigenvalue weighted by Crippen LogP contribution is -1.96. The number of aryl methyl sites for hydroxylation is 2. The van der Waals surface area contributed by atoms with E-state index in [1.165, 1.54) is 11.1 Å². The van der Waals surface area contributed by atoms with Crippen molar-refractivity contribution in [2.24, 2.45) is 0 Å². The molecular weight excluding hydrogens is 260 g/mol. The Bertz CT molecular complexity index is 646. The zero-order chi connectivity index (χ0) is 15.1. The highest BCUT2D eigenvalue weighted by Gasteiger charge is 1.99. The van der Waals surface area contributed by atoms with Crippen molar-refractivity contribution in [3.63, 3.8) is 0 Å². The summed E-state index contributed by atoms with van der Waals surface area (Å²) in [6, 6.07) is 14.1. The van der Waals surface area contributed by atoms with Crippen LogP contribution < -0.4 is 4.74 Å². The number of hydrogen-bond donors (Lipinski definition) is 1. The summed E-state index contributed by atoms with van der Waals surface area (Å²) in [6.07, 6.45) is 0.512. The van der Waals surface area contributed by atoms with E-state index in [-0.39, 0.29) is 6.61 Å². The van der Waals surface area contributed by atoms with Crippen LogP contribution in [0, 0.1) is 25.7 Å². The van der Waals surface area contributed by atoms with E-state index in [0.29, 0.717) is 13.0 Å². The SMILES string of the molecule is Cc1ccc(OCc2ccc(C#CCCO)cc2)cc1C. The highest BCUT2D eigenvalue weighted by molar-refractivity contribution is 5.37. The van der Waals surface area contributed by atoms with Gasteiger partial charge in [-0.25, -0.2) is 0 Å². The van der Waals surface area contributed by atoms with Gasteiger partial charge < -0.3 is 9.84 Å². The molecule has 0 heterocycles. The molecule has 2 rings (SSSR count). The predicted octanol–water partition coefficient (Wildman–Crippen LogP) is 3.62. The number of aliphatic hydroxyl groups is 1. The maximum atomic E-state index is 8.68. The van der Waals surface area contributed by atoms with Gasteiger partial charge in [0.05, 0.1) is 6.61 Å². The van der Waals surface area contributed by atoms with Crippen molar-refractivity contribution < 1.29 is 9.84 Å². The van der Waals surface area contributed by atoms with Crippen LogP contribution in [0.5, 0.6) is 5.75 Å². The second-order valence-corrected chi connectivity index (χ2v) is 5.01. The fraction of sp³-hybridized carbons (Fsp3) is 0.263. The number of rotatable bonds is 4. The van der Waals surface area contributed by atoms with Crippen molar-refractivity contribution in [2.45, 2.75) is 26.9 Å². The van der Waals surface area contributed by atoms with E-state index >= 15 is 0 Å². The zero-order valence-electron chi connectivity index (χ0n) is 12.5. The molecule has 0 radical (unpaired) electrons. The Morgan fingerprint density at radius 1 is 1.00 bits per heavy atom. The van der Waals surface area contributed by atoms with Gasteiger partial charge in [0.1, 0.15) is 12.4 Å². The first-order valence-corrected chi connectivity index (χ1v) is 7.08. The van der Waals surface area contributed by atoms with Crippen LogP contribution >= 0.6 is 0 Å². The van der Waals surface area contributed by atoms with Crippen LogP contribution in [0.3, 0.4) is 0 Å². The second kappa shape index (κ2) is 7.52. The summed E-state index contributed by atoms with van der Waals surface area (Å²) >= 11 is 0. The monoisotopic (exact) mass is 280 g/mol. The van der Waals surface area contributed by atoms with Crippen LogP contribution in [0.25, 0.3) is 0 Å². The topological polar surface area (TPSA) is 29.5 Å². The van der Waals surface area contributed by atoms with Crippen LogP contribution in [-0.2, 0) is 6.61 Å². The first kappa shape index (κ1) is 15.2. The van der Waals surface area contributed by atoms with E-state index in [0.717, 1.165) is 16.9 Å². The Kier molecular flexibility index (Phi) is 5.43. The molecule has 2 nitrogen and oxygen atoms in total. The number of benzene rings is 2. The average molecular weight is 280 g/mol. The minimum atomic E-state index is 0.106. The van der Waals surface area contributed by atoms with E-state index in [1.807, 2.05) is 30.3 Å². The third kappa shape index (κ3) is 4.66. The second-order valence-electron chi connectivity index (χ2n) is 5.01. The first-order valence-electron chi connectivity index (χ1n) is 7.08. The van der Waals surface area contributed by atoms with Gasteiger partial charge in [-0.1, -0.05) is 30.0 Å². The average Bonchev–Trinajstić information content (AvgIpc) is 2.50. The summed E-state index contributed by atoms with van der Waals surface area (Å²) in [4.78, 5) is 0. The van der Waals surface area contributed by atoms with Crippen LogP contribution in [-0.4, -0.2) is 11.7 Å². The normalized spacial score (nSPS) is 9.86. The fourth-order valence-corrected chi connectivity index (χ4v) is 1.88. The molecule has 2 heteroatoms. The Balaban J connectivity index is 1.94. The van der Waals surface area contributed by atoms with Crippen LogP contribution in [0.1, 0.15) is 28.7 Å². The quantitative estimate of drug-likeness (QED) is 0.867. The molecule has 0 saturated heterocycles. The molecule has 0 aliphatic heterocycles. The van der Waals surface area contributed by atoms with Crippen molar-refractivity contribution in [3.05, 3.63) is 64.7 Å². The Hall–Kier alpha value is -2.24. The van der Waals surface area contributed by atoms with Gasteiger partial charge in [-0.15, -0.1) is 0 Å². The van der Waals surface area contributed by atoms with Gasteiger partial charge in [0.2, 0.25) is 0 Å². The summed E-state index contributed by atoms with van der Waals surface area (Å²) in [5.74, 6) is 6.81. The van der Waals surface area contributed by atoms with E-state index in [2.05, 4.69) is 37.8 Å². The third-order valence-electron chi connectivity index (χ3n) is 3.31. The van der Waals surface area contributed by atoms with Crippen molar-refractivity contribution in [1.29, 1.82) is 0 Å². The van der Waals surface area contributed by atoms with Crippen molar-refractivity contribution in [1.82, 2.24) is 0 Å². The Labute approximate surface area is 126 Å². The maximum absolute atomic E-state index is 8.68. The smallest absolute Gasteiger partial charge is 0.120 e. The molecule has 0 aliphatic carbocycles. The molecule has 0 fully saturated rings. The highest BCUT2D eigenvalue weighted by Crippen LogP contribution is 2.17. The molecular formula is C19H20O2. The van der Waals surface area contributed by atoms with Crippen LogP contribution in [0.2, 0.25) is 0 Å². The van der Waals surface area contributed by atoms with Crippen molar-refractivity contribution in [3.8, 4) is 17.6 Å². The number of aliphatic hydroxyl groups excluding tert-OH is 1. The van der Waals surface area contributed by atoms with E-state index < -0.39 is 0 Å². The highest BCUT2D eigenvalue weighted by atomic mass is 16.5. The van der Waals surface area contributed by atoms with Gasteiger partial charge in [0.15, 0.2) is 0 Å². The molecule has 108 valence electrons. The minimum Gasteiger partial charge on any atom is -0.489 e. The van der Waals surface area contributed by atoms with Gasteiger partial charge in [0.25, 0.3) is 0 Å². The molecule has 2 aromatic carbocycles. The summed E-state index contributed by atoms with van der Waals surface area (Å²) in [7, 11) is 0. The van der Waals surface area contributed by atoms with Crippen LogP contribution in [0.15, 0.2) is 42.5 Å². The van der Waals surface area contributed by atoms with Gasteiger partial charge in [-0.05, 0) is 54.8 Å². The van der Waals surface area contributed by atoms with E-state index in [9.17, 15) is 0 Å². The molecule has 0 aliphatic rings. The summed E-state index contributed by atoms with van der Waals surface area (Å²) in [5.41, 5.74) is 4.58. The van der Waals surface area contributed by atoms with E-state index in [1.54, 1.807) is 0 Å². The molecule has 2 aromatic rings. The minimum absolute atomic E-state index is 0.106. The number of hydrogen-bond acceptors (Lipinski definition) is 2. The maximum Gasteiger partial charge on any atom is 0.120 e. The van der Waals surface area contributed by atoms with Gasteiger partial charge >= 0.3 is 0 Å². The Morgan fingerprint density at radius 2 is 1.76 bits per heavy atom. The molecule has 0 aromatic heterocycles. The Morgan fingerprint density at radius 3 is 2.43 bits per heavy atom. The van der Waals surface area contributed by atoms with Crippen molar-refractivity contribution in [2.75, 3.05) is 6.61 Å². The van der Waals surface area contributed by atoms with E-state index in [4.69, 9.17) is 9.84 Å². The molecule has 0 unspecified atom stereocenters. The lowest BCUT2D eigenvalue weighted by atomic mass is 10.1. The largest absolute Gasteiger partial charge is 0.489 e. The molecule has 21 heavy (non-hydrogen) atoms. The fourth-order valence-electron chi connectivity index (χ4n) is 1.88. The lowest BCUT2D eigenvalue weighted by molar-refractivity contribution is 0.305. The third-order valence-corrected chi connectivity index (χ3v) is 3.31. The van der Waals surface area contributed by atoms with Crippen molar-refractivity contribution >= 4 is 0 Å². The molecule has 0 bridgehead atoms. The number of ether oxygens (including phenoxy) is 1.